The molecule has 1 aliphatic rings. The van der Waals surface area contributed by atoms with Crippen LogP contribution in [0.1, 0.15) is 33.9 Å². The van der Waals surface area contributed by atoms with Crippen LogP contribution in [0.3, 0.4) is 0 Å². The van der Waals surface area contributed by atoms with Gasteiger partial charge in [0.15, 0.2) is 0 Å². The number of nitrogens with two attached hydrogens (primary N) is 1. The van der Waals surface area contributed by atoms with Gasteiger partial charge in [-0.15, -0.1) is 11.3 Å². The number of pyridine rings is 1. The molecule has 0 aliphatic heterocycles. The molecule has 0 atom stereocenters. The second-order valence-electron chi connectivity index (χ2n) is 5.70. The largest absolute Gasteiger partial charge is 0.397 e. The van der Waals surface area contributed by atoms with Crippen molar-refractivity contribution >= 4 is 33.0 Å². The number of carbonyl (C=O) groups excluding carboxylic acids is 1. The third-order valence-electron chi connectivity index (χ3n) is 3.79. The summed E-state index contributed by atoms with van der Waals surface area (Å²) in [5.41, 5.74) is 8.64. The van der Waals surface area contributed by atoms with Crippen molar-refractivity contribution in [2.75, 3.05) is 19.3 Å². The van der Waals surface area contributed by atoms with Gasteiger partial charge in [-0.25, -0.2) is 0 Å². The normalized spacial score (nSPS) is 14.8. The lowest BCUT2D eigenvalue weighted by molar-refractivity contribution is 0.0794. The van der Waals surface area contributed by atoms with E-state index < -0.39 is 0 Å². The molecular formula is C15H19N3OS. The van der Waals surface area contributed by atoms with Crippen LogP contribution in [0, 0.1) is 19.8 Å². The number of nitrogens with zero attached hydrogens (tertiary/aromatic N) is 2. The molecule has 20 heavy (non-hydrogen) atoms. The lowest BCUT2D eigenvalue weighted by Gasteiger charge is -2.16. The van der Waals surface area contributed by atoms with Crippen molar-refractivity contribution < 1.29 is 4.79 Å². The molecule has 0 bridgehead atoms. The lowest BCUT2D eigenvalue weighted by Crippen LogP contribution is -2.28. The topological polar surface area (TPSA) is 59.2 Å². The molecule has 1 aliphatic carbocycles. The number of thiophene rings is 1. The fourth-order valence-electron chi connectivity index (χ4n) is 2.58. The Hall–Kier alpha value is -1.62. The summed E-state index contributed by atoms with van der Waals surface area (Å²) in [4.78, 5) is 19.4. The fraction of sp³-hybridized carbons (Fsp3) is 0.467. The molecule has 4 nitrogen and oxygen atoms in total. The third kappa shape index (κ3) is 2.26. The molecule has 106 valence electrons. The van der Waals surface area contributed by atoms with Crippen LogP contribution in [-0.4, -0.2) is 29.4 Å². The maximum Gasteiger partial charge on any atom is 0.265 e. The molecule has 3 rings (SSSR count). The predicted molar refractivity (Wildman–Crippen MR) is 83.2 cm³/mol. The Bertz CT molecular complexity index is 688. The van der Waals surface area contributed by atoms with Crippen LogP contribution in [0.25, 0.3) is 10.1 Å². The summed E-state index contributed by atoms with van der Waals surface area (Å²) in [5, 5.41) is 0.934. The number of hydrogen-bond acceptors (Lipinski definition) is 4. The van der Waals surface area contributed by atoms with Gasteiger partial charge in [0.2, 0.25) is 0 Å². The second kappa shape index (κ2) is 4.74. The van der Waals surface area contributed by atoms with Crippen molar-refractivity contribution in [1.82, 2.24) is 9.88 Å². The highest BCUT2D eigenvalue weighted by Gasteiger charge is 2.27. The lowest BCUT2D eigenvalue weighted by atomic mass is 10.2. The smallest absolute Gasteiger partial charge is 0.265 e. The first kappa shape index (κ1) is 13.4. The minimum Gasteiger partial charge on any atom is -0.397 e. The van der Waals surface area contributed by atoms with Gasteiger partial charge in [0.1, 0.15) is 4.88 Å². The van der Waals surface area contributed by atoms with E-state index in [1.54, 1.807) is 4.90 Å². The Labute approximate surface area is 122 Å². The zero-order valence-electron chi connectivity index (χ0n) is 12.1. The van der Waals surface area contributed by atoms with Crippen LogP contribution in [0.15, 0.2) is 6.07 Å². The molecule has 5 heteroatoms. The van der Waals surface area contributed by atoms with E-state index in [9.17, 15) is 4.79 Å². The average Bonchev–Trinajstić information content (AvgIpc) is 3.11. The first-order valence-electron chi connectivity index (χ1n) is 6.89. The summed E-state index contributed by atoms with van der Waals surface area (Å²) < 4.78 is 1.05. The van der Waals surface area contributed by atoms with E-state index in [4.69, 9.17) is 5.73 Å². The summed E-state index contributed by atoms with van der Waals surface area (Å²) in [7, 11) is 1.86. The Balaban J connectivity index is 2.00. The summed E-state index contributed by atoms with van der Waals surface area (Å²) in [6.07, 6.45) is 2.48. The Morgan fingerprint density at radius 3 is 2.85 bits per heavy atom. The van der Waals surface area contributed by atoms with E-state index in [-0.39, 0.29) is 5.91 Å². The number of anilines is 1. The molecule has 0 aromatic carbocycles. The highest BCUT2D eigenvalue weighted by Crippen LogP contribution is 2.37. The summed E-state index contributed by atoms with van der Waals surface area (Å²) in [6.45, 7) is 4.74. The van der Waals surface area contributed by atoms with Crippen LogP contribution in [0.2, 0.25) is 0 Å². The van der Waals surface area contributed by atoms with Gasteiger partial charge in [-0.3, -0.25) is 9.78 Å². The summed E-state index contributed by atoms with van der Waals surface area (Å²) in [5.74, 6) is 0.720. The van der Waals surface area contributed by atoms with E-state index >= 15 is 0 Å². The Morgan fingerprint density at radius 2 is 2.20 bits per heavy atom. The van der Waals surface area contributed by atoms with Crippen molar-refractivity contribution in [1.29, 1.82) is 0 Å². The Kier molecular flexibility index (Phi) is 3.17. The minimum atomic E-state index is 0.0349. The number of hydrogen-bond donors (Lipinski definition) is 1. The highest BCUT2D eigenvalue weighted by atomic mass is 32.1. The van der Waals surface area contributed by atoms with Crippen LogP contribution < -0.4 is 5.73 Å². The number of fused-ring (bicyclic) bond motifs is 1. The van der Waals surface area contributed by atoms with E-state index in [1.165, 1.54) is 24.2 Å². The number of aromatic nitrogens is 1. The zero-order chi connectivity index (χ0) is 14.4. The number of carbonyl (C=O) groups is 1. The molecule has 1 fully saturated rings. The van der Waals surface area contributed by atoms with Crippen LogP contribution >= 0.6 is 11.3 Å². The molecule has 2 N–H and O–H groups in total. The van der Waals surface area contributed by atoms with Gasteiger partial charge in [0, 0.05) is 35.1 Å². The van der Waals surface area contributed by atoms with Gasteiger partial charge in [-0.1, -0.05) is 0 Å². The molecule has 2 heterocycles. The van der Waals surface area contributed by atoms with Gasteiger partial charge >= 0.3 is 0 Å². The van der Waals surface area contributed by atoms with Crippen LogP contribution in [0.5, 0.6) is 0 Å². The zero-order valence-corrected chi connectivity index (χ0v) is 12.9. The van der Waals surface area contributed by atoms with Gasteiger partial charge in [0.05, 0.1) is 5.69 Å². The van der Waals surface area contributed by atoms with Crippen LogP contribution in [-0.2, 0) is 0 Å². The Morgan fingerprint density at radius 1 is 1.50 bits per heavy atom. The number of aryl methyl sites for hydroxylation is 2. The first-order valence-corrected chi connectivity index (χ1v) is 7.70. The van der Waals surface area contributed by atoms with Gasteiger partial charge in [-0.2, -0.15) is 0 Å². The van der Waals surface area contributed by atoms with Gasteiger partial charge in [-0.05, 0) is 38.7 Å². The highest BCUT2D eigenvalue weighted by molar-refractivity contribution is 7.21. The molecule has 0 saturated heterocycles. The van der Waals surface area contributed by atoms with E-state index in [0.29, 0.717) is 16.5 Å². The van der Waals surface area contributed by atoms with Crippen molar-refractivity contribution in [3.05, 3.63) is 22.3 Å². The van der Waals surface area contributed by atoms with Gasteiger partial charge < -0.3 is 10.6 Å². The average molecular weight is 289 g/mol. The number of amides is 1. The van der Waals surface area contributed by atoms with Crippen LogP contribution in [0.4, 0.5) is 5.69 Å². The SMILES string of the molecule is Cc1cc2sc(C(=O)N(C)CC3CC3)c(N)c2c(C)n1. The summed E-state index contributed by atoms with van der Waals surface area (Å²) in [6, 6.07) is 2.00. The molecule has 2 aromatic rings. The predicted octanol–water partition coefficient (Wildman–Crippen LogP) is 2.98. The molecular weight excluding hydrogens is 270 g/mol. The number of nitrogen functional groups attached to an aromatic ring is 1. The van der Waals surface area contributed by atoms with Crippen molar-refractivity contribution in [3.63, 3.8) is 0 Å². The molecule has 0 radical (unpaired) electrons. The van der Waals surface area contributed by atoms with Crippen molar-refractivity contribution in [3.8, 4) is 0 Å². The van der Waals surface area contributed by atoms with Crippen molar-refractivity contribution in [2.45, 2.75) is 26.7 Å². The van der Waals surface area contributed by atoms with Gasteiger partial charge in [0.25, 0.3) is 5.91 Å². The minimum absolute atomic E-state index is 0.0349. The maximum atomic E-state index is 12.5. The molecule has 2 aromatic heterocycles. The quantitative estimate of drug-likeness (QED) is 0.945. The number of rotatable bonds is 3. The van der Waals surface area contributed by atoms with E-state index in [0.717, 1.165) is 28.0 Å². The molecule has 0 spiro atoms. The van der Waals surface area contributed by atoms with E-state index in [2.05, 4.69) is 4.98 Å². The molecule has 1 saturated carbocycles. The monoisotopic (exact) mass is 289 g/mol. The van der Waals surface area contributed by atoms with E-state index in [1.807, 2.05) is 27.0 Å². The van der Waals surface area contributed by atoms with Crippen molar-refractivity contribution in [2.24, 2.45) is 5.92 Å². The standard InChI is InChI=1S/C15H19N3OS/c1-8-6-11-12(9(2)17-8)13(16)14(20-11)15(19)18(3)7-10-4-5-10/h6,10H,4-5,7,16H2,1-3H3. The first-order chi connectivity index (χ1) is 9.47. The second-order valence-corrected chi connectivity index (χ2v) is 6.75. The fourth-order valence-corrected chi connectivity index (χ4v) is 3.85. The molecule has 1 amide bonds. The molecule has 0 unspecified atom stereocenters. The summed E-state index contributed by atoms with van der Waals surface area (Å²) >= 11 is 1.48. The maximum absolute atomic E-state index is 12.5. The third-order valence-corrected chi connectivity index (χ3v) is 4.93.